The average Bonchev–Trinajstić information content (AvgIpc) is 3.65. The second kappa shape index (κ2) is 15.8. The molecular weight excluding hydrogens is 783 g/mol. The standard InChI is InChI=1S/C64H45N/c1-64(50-24-12-5-13-25-50)60-29-17-16-27-56(60)57-41-39-53(43-61(57)64)65(51-35-30-45(31-36-51)44-18-6-2-7-19-44)52-37-32-46(33-38-52)49-34-40-55-54-26-14-15-28-58(54)62(47-20-8-3-9-21-47)63(59(55)42-49)48-22-10-4-11-23-48/h2-43H,1H3. The first kappa shape index (κ1) is 38.4. The lowest BCUT2D eigenvalue weighted by molar-refractivity contribution is 0.714. The van der Waals surface area contributed by atoms with Crippen LogP contribution in [-0.4, -0.2) is 0 Å². The predicted octanol–water partition coefficient (Wildman–Crippen LogP) is 17.5. The van der Waals surface area contributed by atoms with E-state index in [1.54, 1.807) is 0 Å². The third kappa shape index (κ3) is 6.47. The molecule has 0 aliphatic heterocycles. The third-order valence-electron chi connectivity index (χ3n) is 13.7. The molecule has 1 nitrogen and oxygen atoms in total. The van der Waals surface area contributed by atoms with E-state index in [1.165, 1.54) is 93.9 Å². The molecule has 11 aromatic carbocycles. The molecule has 12 rings (SSSR count). The van der Waals surface area contributed by atoms with Gasteiger partial charge < -0.3 is 4.90 Å². The summed E-state index contributed by atoms with van der Waals surface area (Å²) in [5.74, 6) is 0. The number of rotatable bonds is 8. The summed E-state index contributed by atoms with van der Waals surface area (Å²) in [6.45, 7) is 2.39. The molecule has 11 aromatic rings. The van der Waals surface area contributed by atoms with Crippen LogP contribution in [0.4, 0.5) is 17.1 Å². The molecule has 1 unspecified atom stereocenters. The van der Waals surface area contributed by atoms with Crippen LogP contribution in [0.15, 0.2) is 255 Å². The maximum absolute atomic E-state index is 2.43. The highest BCUT2D eigenvalue weighted by atomic mass is 15.1. The van der Waals surface area contributed by atoms with Gasteiger partial charge in [0, 0.05) is 22.5 Å². The van der Waals surface area contributed by atoms with E-state index in [2.05, 4.69) is 267 Å². The fraction of sp³-hybridized carbons (Fsp3) is 0.0312. The quantitative estimate of drug-likeness (QED) is 0.138. The maximum atomic E-state index is 2.43. The van der Waals surface area contributed by atoms with Crippen LogP contribution in [-0.2, 0) is 5.41 Å². The van der Waals surface area contributed by atoms with E-state index in [0.29, 0.717) is 0 Å². The molecule has 0 heterocycles. The largest absolute Gasteiger partial charge is 0.310 e. The maximum Gasteiger partial charge on any atom is 0.0465 e. The summed E-state index contributed by atoms with van der Waals surface area (Å²) in [5, 5.41) is 5.03. The normalized spacial score (nSPS) is 14.0. The second-order valence-corrected chi connectivity index (χ2v) is 17.3. The average molecular weight is 828 g/mol. The Morgan fingerprint density at radius 1 is 0.277 bits per heavy atom. The van der Waals surface area contributed by atoms with Gasteiger partial charge in [-0.3, -0.25) is 0 Å². The summed E-state index contributed by atoms with van der Waals surface area (Å²) < 4.78 is 0. The molecule has 0 aromatic heterocycles. The van der Waals surface area contributed by atoms with Gasteiger partial charge in [0.2, 0.25) is 0 Å². The summed E-state index contributed by atoms with van der Waals surface area (Å²) in [6.07, 6.45) is 0. The van der Waals surface area contributed by atoms with Gasteiger partial charge in [0.25, 0.3) is 0 Å². The number of hydrogen-bond donors (Lipinski definition) is 0. The molecule has 1 aliphatic rings. The summed E-state index contributed by atoms with van der Waals surface area (Å²) in [7, 11) is 0. The number of hydrogen-bond acceptors (Lipinski definition) is 1. The number of benzene rings is 11. The Balaban J connectivity index is 1.01. The Hall–Kier alpha value is -8.26. The van der Waals surface area contributed by atoms with E-state index in [1.807, 2.05) is 0 Å². The van der Waals surface area contributed by atoms with Gasteiger partial charge in [0.1, 0.15) is 0 Å². The molecule has 306 valence electrons. The fourth-order valence-electron chi connectivity index (χ4n) is 10.6. The van der Waals surface area contributed by atoms with Crippen LogP contribution in [0.1, 0.15) is 23.6 Å². The molecular formula is C64H45N. The van der Waals surface area contributed by atoms with Crippen molar-refractivity contribution in [1.82, 2.24) is 0 Å². The van der Waals surface area contributed by atoms with E-state index < -0.39 is 0 Å². The number of anilines is 3. The van der Waals surface area contributed by atoms with E-state index in [-0.39, 0.29) is 5.41 Å². The summed E-state index contributed by atoms with van der Waals surface area (Å²) in [4.78, 5) is 2.42. The Kier molecular flexibility index (Phi) is 9.35. The van der Waals surface area contributed by atoms with Crippen molar-refractivity contribution in [2.75, 3.05) is 4.90 Å². The zero-order valence-electron chi connectivity index (χ0n) is 36.2. The minimum absolute atomic E-state index is 0.309. The lowest BCUT2D eigenvalue weighted by Gasteiger charge is -2.31. The number of nitrogens with zero attached hydrogens (tertiary/aromatic N) is 1. The minimum atomic E-state index is -0.309. The van der Waals surface area contributed by atoms with Crippen molar-refractivity contribution in [2.45, 2.75) is 12.3 Å². The highest BCUT2D eigenvalue weighted by molar-refractivity contribution is 6.22. The van der Waals surface area contributed by atoms with Gasteiger partial charge >= 0.3 is 0 Å². The Morgan fingerprint density at radius 3 is 1.34 bits per heavy atom. The van der Waals surface area contributed by atoms with Crippen LogP contribution < -0.4 is 4.90 Å². The number of fused-ring (bicyclic) bond motifs is 6. The molecule has 1 aliphatic carbocycles. The van der Waals surface area contributed by atoms with Crippen molar-refractivity contribution in [3.05, 3.63) is 271 Å². The molecule has 0 radical (unpaired) electrons. The second-order valence-electron chi connectivity index (χ2n) is 17.3. The summed E-state index contributed by atoms with van der Waals surface area (Å²) >= 11 is 0. The van der Waals surface area contributed by atoms with Gasteiger partial charge in [0.05, 0.1) is 0 Å². The molecule has 1 heteroatoms. The topological polar surface area (TPSA) is 3.24 Å². The van der Waals surface area contributed by atoms with Crippen LogP contribution in [0.25, 0.3) is 77.2 Å². The van der Waals surface area contributed by atoms with Crippen LogP contribution in [0, 0.1) is 0 Å². The zero-order chi connectivity index (χ0) is 43.3. The molecule has 65 heavy (non-hydrogen) atoms. The highest BCUT2D eigenvalue weighted by Gasteiger charge is 2.41. The Labute approximate surface area is 381 Å². The summed E-state index contributed by atoms with van der Waals surface area (Å²) in [5.41, 5.74) is 19.3. The monoisotopic (exact) mass is 827 g/mol. The first-order valence-electron chi connectivity index (χ1n) is 22.6. The minimum Gasteiger partial charge on any atom is -0.310 e. The van der Waals surface area contributed by atoms with Crippen LogP contribution in [0.3, 0.4) is 0 Å². The van der Waals surface area contributed by atoms with Gasteiger partial charge in [-0.1, -0.05) is 212 Å². The first-order valence-corrected chi connectivity index (χ1v) is 22.6. The van der Waals surface area contributed by atoms with Gasteiger partial charge in [-0.2, -0.15) is 0 Å². The van der Waals surface area contributed by atoms with Crippen LogP contribution in [0.2, 0.25) is 0 Å². The fourth-order valence-corrected chi connectivity index (χ4v) is 10.6. The van der Waals surface area contributed by atoms with Crippen molar-refractivity contribution < 1.29 is 0 Å². The van der Waals surface area contributed by atoms with Crippen LogP contribution in [0.5, 0.6) is 0 Å². The molecule has 0 amide bonds. The van der Waals surface area contributed by atoms with Crippen molar-refractivity contribution in [1.29, 1.82) is 0 Å². The molecule has 0 spiro atoms. The van der Waals surface area contributed by atoms with E-state index >= 15 is 0 Å². The molecule has 0 saturated heterocycles. The molecule has 0 N–H and O–H groups in total. The Bertz CT molecular complexity index is 3500. The smallest absolute Gasteiger partial charge is 0.0465 e. The lowest BCUT2D eigenvalue weighted by atomic mass is 9.74. The first-order chi connectivity index (χ1) is 32.1. The highest BCUT2D eigenvalue weighted by Crippen LogP contribution is 2.54. The van der Waals surface area contributed by atoms with E-state index in [0.717, 1.165) is 17.1 Å². The lowest BCUT2D eigenvalue weighted by Crippen LogP contribution is -2.22. The van der Waals surface area contributed by atoms with Gasteiger partial charge in [0.15, 0.2) is 0 Å². The van der Waals surface area contributed by atoms with Gasteiger partial charge in [-0.05, 0) is 143 Å². The SMILES string of the molecule is CC1(c2ccccc2)c2ccccc2-c2ccc(N(c3ccc(-c4ccccc4)cc3)c3ccc(-c4ccc5c(c4)c(-c4ccccc4)c(-c4ccccc4)c4ccccc45)cc3)cc21. The molecule has 1 atom stereocenters. The van der Waals surface area contributed by atoms with Crippen molar-refractivity contribution in [3.8, 4) is 55.6 Å². The molecule has 0 fully saturated rings. The zero-order valence-corrected chi connectivity index (χ0v) is 36.2. The van der Waals surface area contributed by atoms with Crippen LogP contribution >= 0.6 is 0 Å². The summed E-state index contributed by atoms with van der Waals surface area (Å²) in [6, 6.07) is 93.5. The van der Waals surface area contributed by atoms with Gasteiger partial charge in [-0.15, -0.1) is 0 Å². The van der Waals surface area contributed by atoms with Gasteiger partial charge in [-0.25, -0.2) is 0 Å². The van der Waals surface area contributed by atoms with E-state index in [4.69, 9.17) is 0 Å². The predicted molar refractivity (Wildman–Crippen MR) is 275 cm³/mol. The molecule has 0 bridgehead atoms. The Morgan fingerprint density at radius 2 is 0.708 bits per heavy atom. The third-order valence-corrected chi connectivity index (χ3v) is 13.7. The molecule has 0 saturated carbocycles. The van der Waals surface area contributed by atoms with Crippen molar-refractivity contribution in [3.63, 3.8) is 0 Å². The van der Waals surface area contributed by atoms with E-state index in [9.17, 15) is 0 Å². The van der Waals surface area contributed by atoms with Crippen molar-refractivity contribution >= 4 is 38.6 Å². The van der Waals surface area contributed by atoms with Crippen molar-refractivity contribution in [2.24, 2.45) is 0 Å².